The van der Waals surface area contributed by atoms with Crippen LogP contribution in [0, 0.1) is 0 Å². The van der Waals surface area contributed by atoms with E-state index >= 15 is 0 Å². The number of methoxy groups -OCH3 is 1. The lowest BCUT2D eigenvalue weighted by atomic mass is 10.00. The lowest BCUT2D eigenvalue weighted by molar-refractivity contribution is -0.122. The van der Waals surface area contributed by atoms with Gasteiger partial charge in [-0.15, -0.1) is 0 Å². The fraction of sp³-hybridized carbons (Fsp3) is 0.533. The van der Waals surface area contributed by atoms with E-state index in [0.717, 1.165) is 19.3 Å². The Hall–Kier alpha value is -1.35. The van der Waals surface area contributed by atoms with Crippen molar-refractivity contribution in [1.82, 2.24) is 5.32 Å². The van der Waals surface area contributed by atoms with Gasteiger partial charge in [-0.05, 0) is 17.5 Å². The van der Waals surface area contributed by atoms with Gasteiger partial charge >= 0.3 is 0 Å². The van der Waals surface area contributed by atoms with E-state index in [4.69, 9.17) is 4.74 Å². The van der Waals surface area contributed by atoms with E-state index < -0.39 is 0 Å². The number of hydrogen-bond donors (Lipinski definition) is 1. The predicted octanol–water partition coefficient (Wildman–Crippen LogP) is 2.09. The molecule has 1 aliphatic carbocycles. The van der Waals surface area contributed by atoms with Crippen LogP contribution in [-0.4, -0.2) is 25.2 Å². The minimum Gasteiger partial charge on any atom is -0.376 e. The zero-order valence-electron chi connectivity index (χ0n) is 11.2. The zero-order valence-corrected chi connectivity index (χ0v) is 11.2. The van der Waals surface area contributed by atoms with Gasteiger partial charge in [0.15, 0.2) is 0 Å². The van der Waals surface area contributed by atoms with E-state index in [-0.39, 0.29) is 11.5 Å². The van der Waals surface area contributed by atoms with Gasteiger partial charge in [0.1, 0.15) is 0 Å². The topological polar surface area (TPSA) is 38.3 Å². The Balaban J connectivity index is 2.00. The molecule has 1 aromatic carbocycles. The standard InChI is InChI=1S/C15H21NO2/c1-3-6-14(17)16-11-15(18-2)9-12-7-4-5-8-13(12)10-15/h4-5,7-8H,3,6,9-11H2,1-2H3,(H,16,17). The molecular formula is C15H21NO2. The summed E-state index contributed by atoms with van der Waals surface area (Å²) in [7, 11) is 1.73. The molecule has 98 valence electrons. The molecule has 1 aromatic rings. The van der Waals surface area contributed by atoms with E-state index in [9.17, 15) is 4.79 Å². The van der Waals surface area contributed by atoms with E-state index in [1.165, 1.54) is 11.1 Å². The van der Waals surface area contributed by atoms with Crippen LogP contribution < -0.4 is 5.32 Å². The normalized spacial score (nSPS) is 16.3. The van der Waals surface area contributed by atoms with Gasteiger partial charge < -0.3 is 10.1 Å². The molecule has 0 saturated carbocycles. The van der Waals surface area contributed by atoms with Crippen molar-refractivity contribution < 1.29 is 9.53 Å². The Morgan fingerprint density at radius 2 is 1.94 bits per heavy atom. The third kappa shape index (κ3) is 2.72. The van der Waals surface area contributed by atoms with Gasteiger partial charge in [-0.25, -0.2) is 0 Å². The first-order chi connectivity index (χ1) is 8.69. The van der Waals surface area contributed by atoms with Crippen molar-refractivity contribution in [2.24, 2.45) is 0 Å². The average Bonchev–Trinajstić information content (AvgIpc) is 2.76. The number of carbonyl (C=O) groups excluding carboxylic acids is 1. The SMILES string of the molecule is CCCC(=O)NCC1(OC)Cc2ccccc2C1. The van der Waals surface area contributed by atoms with Gasteiger partial charge in [0.05, 0.1) is 5.60 Å². The van der Waals surface area contributed by atoms with Crippen LogP contribution in [0.2, 0.25) is 0 Å². The van der Waals surface area contributed by atoms with Crippen LogP contribution in [0.1, 0.15) is 30.9 Å². The molecule has 0 bridgehead atoms. The summed E-state index contributed by atoms with van der Waals surface area (Å²) in [6.45, 7) is 2.61. The summed E-state index contributed by atoms with van der Waals surface area (Å²) < 4.78 is 5.70. The molecule has 3 heteroatoms. The second-order valence-corrected chi connectivity index (χ2v) is 5.04. The second-order valence-electron chi connectivity index (χ2n) is 5.04. The maximum atomic E-state index is 11.6. The summed E-state index contributed by atoms with van der Waals surface area (Å²) in [4.78, 5) is 11.6. The van der Waals surface area contributed by atoms with Crippen LogP contribution in [0.25, 0.3) is 0 Å². The van der Waals surface area contributed by atoms with Crippen molar-refractivity contribution >= 4 is 5.91 Å². The monoisotopic (exact) mass is 247 g/mol. The zero-order chi connectivity index (χ0) is 13.0. The van der Waals surface area contributed by atoms with Crippen LogP contribution in [0.4, 0.5) is 0 Å². The van der Waals surface area contributed by atoms with Gasteiger partial charge in [0, 0.05) is 32.9 Å². The second kappa shape index (κ2) is 5.53. The van der Waals surface area contributed by atoms with Crippen LogP contribution in [0.3, 0.4) is 0 Å². The maximum Gasteiger partial charge on any atom is 0.220 e. The fourth-order valence-corrected chi connectivity index (χ4v) is 2.58. The van der Waals surface area contributed by atoms with Crippen molar-refractivity contribution in [2.45, 2.75) is 38.2 Å². The average molecular weight is 247 g/mol. The first-order valence-corrected chi connectivity index (χ1v) is 6.58. The van der Waals surface area contributed by atoms with Crippen LogP contribution >= 0.6 is 0 Å². The maximum absolute atomic E-state index is 11.6. The summed E-state index contributed by atoms with van der Waals surface area (Å²) >= 11 is 0. The molecule has 0 fully saturated rings. The number of amides is 1. The Labute approximate surface area is 109 Å². The fourth-order valence-electron chi connectivity index (χ4n) is 2.58. The molecule has 0 atom stereocenters. The van der Waals surface area contributed by atoms with Gasteiger partial charge in [0.25, 0.3) is 0 Å². The van der Waals surface area contributed by atoms with E-state index in [1.807, 2.05) is 6.92 Å². The number of hydrogen-bond acceptors (Lipinski definition) is 2. The number of carbonyl (C=O) groups is 1. The third-order valence-electron chi connectivity index (χ3n) is 3.66. The van der Waals surface area contributed by atoms with Crippen molar-refractivity contribution in [2.75, 3.05) is 13.7 Å². The van der Waals surface area contributed by atoms with Gasteiger partial charge in [0.2, 0.25) is 5.91 Å². The van der Waals surface area contributed by atoms with Gasteiger partial charge in [-0.1, -0.05) is 31.2 Å². The molecule has 1 amide bonds. The predicted molar refractivity (Wildman–Crippen MR) is 71.5 cm³/mol. The molecular weight excluding hydrogens is 226 g/mol. The van der Waals surface area contributed by atoms with E-state index in [1.54, 1.807) is 7.11 Å². The molecule has 1 N–H and O–H groups in total. The van der Waals surface area contributed by atoms with Crippen LogP contribution in [-0.2, 0) is 22.4 Å². The molecule has 0 radical (unpaired) electrons. The first kappa shape index (κ1) is 13.1. The molecule has 0 unspecified atom stereocenters. The summed E-state index contributed by atoms with van der Waals surface area (Å²) in [5.41, 5.74) is 2.42. The quantitative estimate of drug-likeness (QED) is 0.865. The van der Waals surface area contributed by atoms with Crippen molar-refractivity contribution in [3.8, 4) is 0 Å². The Morgan fingerprint density at radius 3 is 2.44 bits per heavy atom. The van der Waals surface area contributed by atoms with Crippen molar-refractivity contribution in [1.29, 1.82) is 0 Å². The van der Waals surface area contributed by atoms with Crippen LogP contribution in [0.15, 0.2) is 24.3 Å². The van der Waals surface area contributed by atoms with Crippen molar-refractivity contribution in [3.63, 3.8) is 0 Å². The highest BCUT2D eigenvalue weighted by molar-refractivity contribution is 5.75. The highest BCUT2D eigenvalue weighted by Crippen LogP contribution is 2.32. The number of nitrogens with one attached hydrogen (secondary N) is 1. The molecule has 0 heterocycles. The number of ether oxygens (including phenoxy) is 1. The molecule has 0 aromatic heterocycles. The summed E-state index contributed by atoms with van der Waals surface area (Å²) in [5, 5.41) is 2.99. The number of rotatable bonds is 5. The smallest absolute Gasteiger partial charge is 0.220 e. The first-order valence-electron chi connectivity index (χ1n) is 6.58. The van der Waals surface area contributed by atoms with Gasteiger partial charge in [-0.2, -0.15) is 0 Å². The third-order valence-corrected chi connectivity index (χ3v) is 3.66. The molecule has 0 spiro atoms. The van der Waals surface area contributed by atoms with E-state index in [2.05, 4.69) is 29.6 Å². The highest BCUT2D eigenvalue weighted by atomic mass is 16.5. The molecule has 3 nitrogen and oxygen atoms in total. The Kier molecular flexibility index (Phi) is 4.02. The van der Waals surface area contributed by atoms with Crippen molar-refractivity contribution in [3.05, 3.63) is 35.4 Å². The number of benzene rings is 1. The minimum atomic E-state index is -0.257. The number of fused-ring (bicyclic) bond motifs is 1. The molecule has 2 rings (SSSR count). The van der Waals surface area contributed by atoms with Crippen LogP contribution in [0.5, 0.6) is 0 Å². The summed E-state index contributed by atoms with van der Waals surface area (Å²) in [6, 6.07) is 8.40. The molecule has 1 aliphatic rings. The van der Waals surface area contributed by atoms with Gasteiger partial charge in [-0.3, -0.25) is 4.79 Å². The molecule has 0 saturated heterocycles. The lowest BCUT2D eigenvalue weighted by Gasteiger charge is -2.27. The molecule has 0 aliphatic heterocycles. The highest BCUT2D eigenvalue weighted by Gasteiger charge is 2.37. The Bertz CT molecular complexity index is 403. The Morgan fingerprint density at radius 1 is 1.33 bits per heavy atom. The molecule has 18 heavy (non-hydrogen) atoms. The summed E-state index contributed by atoms with van der Waals surface area (Å²) in [6.07, 6.45) is 3.23. The largest absolute Gasteiger partial charge is 0.376 e. The minimum absolute atomic E-state index is 0.116. The van der Waals surface area contributed by atoms with E-state index in [0.29, 0.717) is 13.0 Å². The summed E-state index contributed by atoms with van der Waals surface area (Å²) in [5.74, 6) is 0.116. The lowest BCUT2D eigenvalue weighted by Crippen LogP contribution is -2.45.